The summed E-state index contributed by atoms with van der Waals surface area (Å²) in [5.41, 5.74) is 0.223. The lowest BCUT2D eigenvalue weighted by molar-refractivity contribution is 0.00578. The highest BCUT2D eigenvalue weighted by atomic mass is 16.7. The van der Waals surface area contributed by atoms with Crippen LogP contribution in [0.15, 0.2) is 36.7 Å². The molecule has 5 heteroatoms. The zero-order valence-electron chi connectivity index (χ0n) is 12.8. The molecule has 0 spiro atoms. The smallest absolute Gasteiger partial charge is 0.400 e. The normalized spacial score (nSPS) is 20.5. The summed E-state index contributed by atoms with van der Waals surface area (Å²) in [4.78, 5) is 8.57. The first-order valence-corrected chi connectivity index (χ1v) is 7.12. The predicted octanol–water partition coefficient (Wildman–Crippen LogP) is 3.27. The summed E-state index contributed by atoms with van der Waals surface area (Å²) in [5.74, 6) is 1.91. The third-order valence-electron chi connectivity index (χ3n) is 4.28. The lowest BCUT2D eigenvalue weighted by atomic mass is 9.89. The molecule has 1 aliphatic rings. The molecule has 0 atom stereocenters. The van der Waals surface area contributed by atoms with Crippen LogP contribution < -0.4 is 0 Å². The highest BCUT2D eigenvalue weighted by molar-refractivity contribution is 6.52. The number of hydrogen-bond acceptors (Lipinski definition) is 4. The van der Waals surface area contributed by atoms with Crippen molar-refractivity contribution in [1.29, 1.82) is 0 Å². The molecular formula is C16H19BN2O2. The van der Waals surface area contributed by atoms with E-state index in [1.165, 1.54) is 0 Å². The fraction of sp³-hybridized carbons (Fsp3) is 0.375. The molecule has 0 N–H and O–H groups in total. The number of hydrogen-bond donors (Lipinski definition) is 0. The monoisotopic (exact) mass is 282 g/mol. The maximum atomic E-state index is 5.95. The van der Waals surface area contributed by atoms with Crippen molar-refractivity contribution in [2.75, 3.05) is 0 Å². The van der Waals surface area contributed by atoms with Crippen molar-refractivity contribution in [3.05, 3.63) is 42.4 Å². The molecule has 1 saturated heterocycles. The van der Waals surface area contributed by atoms with Crippen molar-refractivity contribution in [3.63, 3.8) is 0 Å². The molecule has 3 rings (SSSR count). The number of fused-ring (bicyclic) bond motifs is 1. The van der Waals surface area contributed by atoms with E-state index >= 15 is 0 Å². The summed E-state index contributed by atoms with van der Waals surface area (Å²) in [6.07, 6.45) is 7.34. The fourth-order valence-electron chi connectivity index (χ4n) is 2.30. The molecule has 2 aromatic heterocycles. The summed E-state index contributed by atoms with van der Waals surface area (Å²) in [7, 11) is -0.358. The molecule has 0 amide bonds. The summed E-state index contributed by atoms with van der Waals surface area (Å²) >= 11 is 0. The van der Waals surface area contributed by atoms with Crippen LogP contribution in [0, 0.1) is 0 Å². The zero-order valence-corrected chi connectivity index (χ0v) is 12.8. The molecular weight excluding hydrogens is 263 g/mol. The Morgan fingerprint density at radius 3 is 2.43 bits per heavy atom. The third-order valence-corrected chi connectivity index (χ3v) is 4.28. The topological polar surface area (TPSA) is 44.2 Å². The van der Waals surface area contributed by atoms with Crippen LogP contribution in [-0.4, -0.2) is 28.3 Å². The standard InChI is InChI=1S/C16H19BN2O2/c1-15(2)16(3,4)21-17(20-15)8-5-14-13-11-18-9-6-12(13)7-10-19-14/h5-11H,1-4H3/b8-5+. The second-order valence-electron chi connectivity index (χ2n) is 6.28. The molecule has 2 aromatic rings. The van der Waals surface area contributed by atoms with Gasteiger partial charge in [0.25, 0.3) is 0 Å². The average Bonchev–Trinajstić information content (AvgIpc) is 2.64. The van der Waals surface area contributed by atoms with E-state index in [1.54, 1.807) is 12.4 Å². The lowest BCUT2D eigenvalue weighted by Crippen LogP contribution is -2.41. The van der Waals surface area contributed by atoms with Gasteiger partial charge in [-0.1, -0.05) is 5.98 Å². The van der Waals surface area contributed by atoms with E-state index in [1.807, 2.05) is 58.1 Å². The Kier molecular flexibility index (Phi) is 3.34. The first kappa shape index (κ1) is 14.2. The second-order valence-corrected chi connectivity index (χ2v) is 6.28. The van der Waals surface area contributed by atoms with E-state index in [0.29, 0.717) is 0 Å². The Hall–Kier alpha value is -1.72. The first-order chi connectivity index (χ1) is 9.89. The molecule has 4 nitrogen and oxygen atoms in total. The summed E-state index contributed by atoms with van der Waals surface area (Å²) in [5, 5.41) is 2.14. The quantitative estimate of drug-likeness (QED) is 0.793. The molecule has 21 heavy (non-hydrogen) atoms. The van der Waals surface area contributed by atoms with E-state index < -0.39 is 0 Å². The van der Waals surface area contributed by atoms with Crippen LogP contribution in [0.3, 0.4) is 0 Å². The van der Waals surface area contributed by atoms with E-state index in [4.69, 9.17) is 9.31 Å². The SMILES string of the molecule is CC1(C)OB(/C=C/c2nccc3ccncc23)OC1(C)C. The largest absolute Gasteiger partial charge is 0.487 e. The molecule has 108 valence electrons. The minimum atomic E-state index is -0.358. The summed E-state index contributed by atoms with van der Waals surface area (Å²) < 4.78 is 11.9. The third kappa shape index (κ3) is 2.59. The van der Waals surface area contributed by atoms with Crippen molar-refractivity contribution in [3.8, 4) is 0 Å². The maximum Gasteiger partial charge on any atom is 0.487 e. The molecule has 0 saturated carbocycles. The van der Waals surface area contributed by atoms with Gasteiger partial charge in [0.05, 0.1) is 16.9 Å². The first-order valence-electron chi connectivity index (χ1n) is 7.12. The summed E-state index contributed by atoms with van der Waals surface area (Å²) in [6.45, 7) is 8.17. The van der Waals surface area contributed by atoms with Crippen LogP contribution >= 0.6 is 0 Å². The van der Waals surface area contributed by atoms with E-state index in [-0.39, 0.29) is 18.3 Å². The molecule has 0 bridgehead atoms. The van der Waals surface area contributed by atoms with Crippen molar-refractivity contribution >= 4 is 24.0 Å². The van der Waals surface area contributed by atoms with Crippen LogP contribution in [0.5, 0.6) is 0 Å². The van der Waals surface area contributed by atoms with Gasteiger partial charge in [0, 0.05) is 24.0 Å². The molecule has 1 aliphatic heterocycles. The number of rotatable bonds is 2. The van der Waals surface area contributed by atoms with Crippen LogP contribution in [0.1, 0.15) is 33.4 Å². The molecule has 0 radical (unpaired) electrons. The average molecular weight is 282 g/mol. The van der Waals surface area contributed by atoms with Gasteiger partial charge in [0.2, 0.25) is 0 Å². The van der Waals surface area contributed by atoms with Crippen molar-refractivity contribution in [1.82, 2.24) is 9.97 Å². The molecule has 3 heterocycles. The Morgan fingerprint density at radius 2 is 1.71 bits per heavy atom. The Morgan fingerprint density at radius 1 is 1.05 bits per heavy atom. The van der Waals surface area contributed by atoms with Crippen LogP contribution in [0.2, 0.25) is 0 Å². The van der Waals surface area contributed by atoms with Crippen molar-refractivity contribution in [2.24, 2.45) is 0 Å². The fourth-order valence-corrected chi connectivity index (χ4v) is 2.30. The van der Waals surface area contributed by atoms with Gasteiger partial charge in [-0.3, -0.25) is 9.97 Å². The minimum absolute atomic E-state index is 0.324. The summed E-state index contributed by atoms with van der Waals surface area (Å²) in [6, 6.07) is 3.95. The lowest BCUT2D eigenvalue weighted by Gasteiger charge is -2.32. The predicted molar refractivity (Wildman–Crippen MR) is 84.7 cm³/mol. The number of pyridine rings is 2. The van der Waals surface area contributed by atoms with E-state index in [9.17, 15) is 0 Å². The van der Waals surface area contributed by atoms with Crippen molar-refractivity contribution in [2.45, 2.75) is 38.9 Å². The molecule has 1 fully saturated rings. The van der Waals surface area contributed by atoms with Gasteiger partial charge in [0.15, 0.2) is 0 Å². The van der Waals surface area contributed by atoms with Gasteiger partial charge in [-0.2, -0.15) is 0 Å². The van der Waals surface area contributed by atoms with Crippen molar-refractivity contribution < 1.29 is 9.31 Å². The molecule has 0 aromatic carbocycles. The Balaban J connectivity index is 1.87. The second kappa shape index (κ2) is 4.93. The van der Waals surface area contributed by atoms with E-state index in [0.717, 1.165) is 16.5 Å². The minimum Gasteiger partial charge on any atom is -0.400 e. The van der Waals surface area contributed by atoms with Gasteiger partial charge in [0.1, 0.15) is 0 Å². The number of nitrogens with zero attached hydrogens (tertiary/aromatic N) is 2. The highest BCUT2D eigenvalue weighted by Crippen LogP contribution is 2.37. The maximum absolute atomic E-state index is 5.95. The van der Waals surface area contributed by atoms with Gasteiger partial charge in [-0.25, -0.2) is 0 Å². The van der Waals surface area contributed by atoms with Crippen LogP contribution in [0.4, 0.5) is 0 Å². The Bertz CT molecular complexity index is 676. The van der Waals surface area contributed by atoms with E-state index in [2.05, 4.69) is 9.97 Å². The van der Waals surface area contributed by atoms with Gasteiger partial charge in [-0.15, -0.1) is 0 Å². The molecule has 0 unspecified atom stereocenters. The highest BCUT2D eigenvalue weighted by Gasteiger charge is 2.50. The van der Waals surface area contributed by atoms with Gasteiger partial charge >= 0.3 is 7.12 Å². The molecule has 0 aliphatic carbocycles. The zero-order chi connectivity index (χ0) is 15.1. The van der Waals surface area contributed by atoms with Crippen LogP contribution in [-0.2, 0) is 9.31 Å². The Labute approximate surface area is 125 Å². The number of aromatic nitrogens is 2. The van der Waals surface area contributed by atoms with Gasteiger partial charge < -0.3 is 9.31 Å². The van der Waals surface area contributed by atoms with Crippen LogP contribution in [0.25, 0.3) is 16.8 Å². The van der Waals surface area contributed by atoms with Gasteiger partial charge in [-0.05, 0) is 51.3 Å².